The number of esters is 1. The van der Waals surface area contributed by atoms with Crippen LogP contribution in [0.15, 0.2) is 28.7 Å². The fourth-order valence-corrected chi connectivity index (χ4v) is 5.18. The first-order valence-electron chi connectivity index (χ1n) is 10.2. The molecule has 0 radical (unpaired) electrons. The Balaban J connectivity index is 1.73. The van der Waals surface area contributed by atoms with Crippen LogP contribution in [0.25, 0.3) is 11.0 Å². The van der Waals surface area contributed by atoms with E-state index in [0.29, 0.717) is 16.0 Å². The molecular weight excluding hydrogens is 434 g/mol. The number of rotatable bonds is 4. The third-order valence-electron chi connectivity index (χ3n) is 5.49. The number of ether oxygens (including phenoxy) is 1. The van der Waals surface area contributed by atoms with Crippen LogP contribution in [0.3, 0.4) is 0 Å². The lowest BCUT2D eigenvalue weighted by atomic mass is 9.96. The lowest BCUT2D eigenvalue weighted by Crippen LogP contribution is -2.21. The van der Waals surface area contributed by atoms with Crippen LogP contribution < -0.4 is 10.9 Å². The monoisotopic (exact) mass is 455 g/mol. The van der Waals surface area contributed by atoms with Crippen LogP contribution in [-0.4, -0.2) is 23.9 Å². The molecule has 1 aliphatic rings. The van der Waals surface area contributed by atoms with Crippen molar-refractivity contribution in [3.8, 4) is 0 Å². The first-order chi connectivity index (χ1) is 15.4. The van der Waals surface area contributed by atoms with Crippen molar-refractivity contribution < 1.29 is 23.7 Å². The molecule has 1 aromatic carbocycles. The van der Waals surface area contributed by atoms with Crippen LogP contribution in [0.5, 0.6) is 0 Å². The van der Waals surface area contributed by atoms with Gasteiger partial charge >= 0.3 is 5.97 Å². The van der Waals surface area contributed by atoms with Gasteiger partial charge in [0.2, 0.25) is 5.55 Å². The third kappa shape index (κ3) is 4.13. The first kappa shape index (κ1) is 21.7. The molecule has 0 spiro atoms. The van der Waals surface area contributed by atoms with Crippen molar-refractivity contribution in [1.82, 2.24) is 0 Å². The van der Waals surface area contributed by atoms with Gasteiger partial charge in [0.15, 0.2) is 0 Å². The molecule has 1 amide bonds. The normalized spacial score (nSPS) is 13.7. The number of fused-ring (bicyclic) bond motifs is 2. The van der Waals surface area contributed by atoms with E-state index >= 15 is 0 Å². The molecule has 0 bridgehead atoms. The topological polar surface area (TPSA) is 136 Å². The summed E-state index contributed by atoms with van der Waals surface area (Å²) < 4.78 is 10.4. The zero-order valence-corrected chi connectivity index (χ0v) is 18.2. The Labute approximate surface area is 186 Å². The molecule has 2 N–H and O–H groups in total. The summed E-state index contributed by atoms with van der Waals surface area (Å²) in [6.45, 7) is 0. The Hall–Kier alpha value is -3.53. The zero-order valence-electron chi connectivity index (χ0n) is 17.4. The number of nitro benzene ring substituents is 1. The average Bonchev–Trinajstić information content (AvgIpc) is 3.07. The Morgan fingerprint density at radius 3 is 2.66 bits per heavy atom. The van der Waals surface area contributed by atoms with E-state index in [2.05, 4.69) is 5.32 Å². The van der Waals surface area contributed by atoms with E-state index in [1.807, 2.05) is 0 Å². The fourth-order valence-electron chi connectivity index (χ4n) is 3.91. The van der Waals surface area contributed by atoms with Gasteiger partial charge in [0.05, 0.1) is 17.6 Å². The summed E-state index contributed by atoms with van der Waals surface area (Å²) in [4.78, 5) is 37.2. The second-order valence-electron chi connectivity index (χ2n) is 7.54. The second-order valence-corrected chi connectivity index (χ2v) is 8.64. The molecular formula is C22H21N3O6S. The summed E-state index contributed by atoms with van der Waals surface area (Å²) >= 11 is 1.35. The Morgan fingerprint density at radius 2 is 1.94 bits per heavy atom. The van der Waals surface area contributed by atoms with Crippen LogP contribution >= 0.6 is 11.3 Å². The molecule has 0 aliphatic heterocycles. The molecule has 3 aromatic rings. The zero-order chi connectivity index (χ0) is 22.8. The van der Waals surface area contributed by atoms with E-state index in [9.17, 15) is 19.7 Å². The number of thiophene rings is 1. The van der Waals surface area contributed by atoms with Gasteiger partial charge in [-0.2, -0.15) is 0 Å². The van der Waals surface area contributed by atoms with Crippen molar-refractivity contribution in [3.63, 3.8) is 0 Å². The minimum absolute atomic E-state index is 0.0883. The molecule has 2 heterocycles. The molecule has 0 saturated carbocycles. The van der Waals surface area contributed by atoms with Crippen molar-refractivity contribution >= 4 is 44.9 Å². The number of amides is 1. The number of benzene rings is 1. The Bertz CT molecular complexity index is 1290. The fraction of sp³-hybridized carbons (Fsp3) is 0.318. The van der Waals surface area contributed by atoms with Gasteiger partial charge in [-0.1, -0.05) is 12.8 Å². The standard InChI is InChI=1S/C22H21N3O6S/c1-30-22(27)18-14-6-4-2-3-5-7-17(14)32-21(18)24-20(26)15-11-12-10-13(25(28)29)8-9-16(12)31-19(15)23/h8-11,23H,2-7H2,1H3,(H,24,26). The number of hydrogen-bond acceptors (Lipinski definition) is 8. The largest absolute Gasteiger partial charge is 0.465 e. The van der Waals surface area contributed by atoms with Crippen LogP contribution in [-0.2, 0) is 17.6 Å². The highest BCUT2D eigenvalue weighted by atomic mass is 32.1. The highest BCUT2D eigenvalue weighted by molar-refractivity contribution is 7.17. The summed E-state index contributed by atoms with van der Waals surface area (Å²) in [5, 5.41) is 22.6. The van der Waals surface area contributed by atoms with Gasteiger partial charge in [-0.3, -0.25) is 20.3 Å². The molecule has 0 fully saturated rings. The number of aryl methyl sites for hydroxylation is 1. The smallest absolute Gasteiger partial charge is 0.341 e. The number of methoxy groups -OCH3 is 1. The number of nitrogens with one attached hydrogen (secondary N) is 2. The maximum absolute atomic E-state index is 13.0. The second kappa shape index (κ2) is 8.91. The van der Waals surface area contributed by atoms with Crippen molar-refractivity contribution in [2.45, 2.75) is 38.5 Å². The van der Waals surface area contributed by atoms with Crippen molar-refractivity contribution in [1.29, 1.82) is 5.41 Å². The molecule has 32 heavy (non-hydrogen) atoms. The highest BCUT2D eigenvalue weighted by Crippen LogP contribution is 2.37. The van der Waals surface area contributed by atoms with Gasteiger partial charge in [0.1, 0.15) is 16.1 Å². The maximum atomic E-state index is 13.0. The number of non-ortho nitro benzene ring substituents is 1. The van der Waals surface area contributed by atoms with Crippen molar-refractivity contribution in [2.75, 3.05) is 12.4 Å². The van der Waals surface area contributed by atoms with Gasteiger partial charge in [-0.15, -0.1) is 11.3 Å². The molecule has 166 valence electrons. The van der Waals surface area contributed by atoms with E-state index in [4.69, 9.17) is 14.6 Å². The van der Waals surface area contributed by atoms with Gasteiger partial charge < -0.3 is 14.5 Å². The maximum Gasteiger partial charge on any atom is 0.341 e. The molecule has 0 saturated heterocycles. The molecule has 4 rings (SSSR count). The van der Waals surface area contributed by atoms with Crippen LogP contribution in [0.4, 0.5) is 10.7 Å². The number of hydrogen-bond donors (Lipinski definition) is 2. The summed E-state index contributed by atoms with van der Waals surface area (Å²) in [7, 11) is 1.30. The van der Waals surface area contributed by atoms with Crippen LogP contribution in [0.2, 0.25) is 0 Å². The summed E-state index contributed by atoms with van der Waals surface area (Å²) in [6, 6.07) is 5.33. The molecule has 9 nitrogen and oxygen atoms in total. The molecule has 2 aromatic heterocycles. The summed E-state index contributed by atoms with van der Waals surface area (Å²) in [6.07, 6.45) is 5.76. The lowest BCUT2D eigenvalue weighted by Gasteiger charge is -2.11. The van der Waals surface area contributed by atoms with Gasteiger partial charge in [-0.25, -0.2) is 4.79 Å². The van der Waals surface area contributed by atoms with E-state index < -0.39 is 16.8 Å². The van der Waals surface area contributed by atoms with E-state index in [1.165, 1.54) is 42.7 Å². The minimum atomic E-state index is -0.633. The lowest BCUT2D eigenvalue weighted by molar-refractivity contribution is -0.384. The molecule has 0 atom stereocenters. The van der Waals surface area contributed by atoms with Crippen molar-refractivity contribution in [3.05, 3.63) is 61.5 Å². The SMILES string of the molecule is COC(=O)c1c(NC(=O)c2cc3cc([N+](=O)[O-])ccc3oc2=N)sc2c1CCCCCC2. The summed E-state index contributed by atoms with van der Waals surface area (Å²) in [5.74, 6) is -1.14. The highest BCUT2D eigenvalue weighted by Gasteiger charge is 2.26. The number of anilines is 1. The third-order valence-corrected chi connectivity index (χ3v) is 6.70. The number of carbonyl (C=O) groups excluding carboxylic acids is 2. The van der Waals surface area contributed by atoms with Gasteiger partial charge in [0.25, 0.3) is 11.6 Å². The quantitative estimate of drug-likeness (QED) is 0.336. The molecule has 0 unspecified atom stereocenters. The number of carbonyl (C=O) groups is 2. The van der Waals surface area contributed by atoms with Gasteiger partial charge in [0, 0.05) is 22.4 Å². The minimum Gasteiger partial charge on any atom is -0.465 e. The Kier molecular flexibility index (Phi) is 6.04. The predicted octanol–water partition coefficient (Wildman–Crippen LogP) is 4.58. The van der Waals surface area contributed by atoms with E-state index in [-0.39, 0.29) is 22.4 Å². The predicted molar refractivity (Wildman–Crippen MR) is 118 cm³/mol. The van der Waals surface area contributed by atoms with E-state index in [0.717, 1.165) is 49.0 Å². The molecule has 1 aliphatic carbocycles. The van der Waals surface area contributed by atoms with Crippen LogP contribution in [0.1, 0.15) is 56.8 Å². The van der Waals surface area contributed by atoms with E-state index in [1.54, 1.807) is 0 Å². The number of nitrogens with zero attached hydrogens (tertiary/aromatic N) is 1. The van der Waals surface area contributed by atoms with Crippen molar-refractivity contribution in [2.24, 2.45) is 0 Å². The number of nitro groups is 1. The van der Waals surface area contributed by atoms with Gasteiger partial charge in [-0.05, 0) is 43.4 Å². The summed E-state index contributed by atoms with van der Waals surface area (Å²) in [5.41, 5.74) is 0.923. The van der Waals surface area contributed by atoms with Crippen LogP contribution in [0, 0.1) is 15.5 Å². The Morgan fingerprint density at radius 1 is 1.19 bits per heavy atom. The first-order valence-corrected chi connectivity index (χ1v) is 11.0. The molecule has 10 heteroatoms. The average molecular weight is 455 g/mol.